The number of carbonyl (C=O) groups is 3. The molecule has 8 heteroatoms. The number of hydrogen-bond acceptors (Lipinski definition) is 4. The highest BCUT2D eigenvalue weighted by atomic mass is 35.5. The molecule has 0 atom stereocenters. The minimum absolute atomic E-state index is 0.239. The Labute approximate surface area is 141 Å². The number of halogens is 1. The summed E-state index contributed by atoms with van der Waals surface area (Å²) in [6.45, 7) is 1.65. The Morgan fingerprint density at radius 2 is 1.70 bits per heavy atom. The van der Waals surface area contributed by atoms with Crippen molar-refractivity contribution in [3.05, 3.63) is 56.7 Å². The van der Waals surface area contributed by atoms with Crippen LogP contribution in [-0.2, 0) is 4.79 Å². The van der Waals surface area contributed by atoms with Crippen LogP contribution in [0.2, 0.25) is 5.02 Å². The Morgan fingerprint density at radius 1 is 1.00 bits per heavy atom. The van der Waals surface area contributed by atoms with E-state index in [0.29, 0.717) is 15.5 Å². The Balaban J connectivity index is 1.75. The van der Waals surface area contributed by atoms with E-state index in [1.54, 1.807) is 18.2 Å². The van der Waals surface area contributed by atoms with Crippen LogP contribution in [-0.4, -0.2) is 24.3 Å². The number of hydrazine groups is 1. The molecule has 2 aromatic rings. The maximum Gasteiger partial charge on any atom is 0.269 e. The molecule has 1 aromatic heterocycles. The van der Waals surface area contributed by atoms with Crippen molar-refractivity contribution in [3.8, 4) is 0 Å². The molecule has 0 fully saturated rings. The number of thiophene rings is 1. The molecule has 120 valence electrons. The smallest absolute Gasteiger partial charge is 0.269 e. The van der Waals surface area contributed by atoms with E-state index in [4.69, 9.17) is 11.6 Å². The topological polar surface area (TPSA) is 87.3 Å². The molecular formula is C15H14ClN3O3S. The average molecular weight is 352 g/mol. The second kappa shape index (κ2) is 7.75. The van der Waals surface area contributed by atoms with Crippen molar-refractivity contribution in [1.82, 2.24) is 16.2 Å². The van der Waals surface area contributed by atoms with Crippen LogP contribution in [0.1, 0.15) is 24.9 Å². The Kier molecular flexibility index (Phi) is 5.72. The van der Waals surface area contributed by atoms with E-state index in [2.05, 4.69) is 16.2 Å². The van der Waals surface area contributed by atoms with Gasteiger partial charge in [0.25, 0.3) is 17.7 Å². The van der Waals surface area contributed by atoms with Crippen molar-refractivity contribution in [3.63, 3.8) is 0 Å². The van der Waals surface area contributed by atoms with Gasteiger partial charge >= 0.3 is 0 Å². The zero-order valence-corrected chi connectivity index (χ0v) is 13.8. The summed E-state index contributed by atoms with van der Waals surface area (Å²) in [4.78, 5) is 36.7. The molecular weight excluding hydrogens is 338 g/mol. The minimum atomic E-state index is -0.533. The lowest BCUT2D eigenvalue weighted by molar-refractivity contribution is -0.120. The van der Waals surface area contributed by atoms with Crippen LogP contribution in [0, 0.1) is 6.92 Å². The van der Waals surface area contributed by atoms with E-state index in [-0.39, 0.29) is 12.5 Å². The van der Waals surface area contributed by atoms with Gasteiger partial charge in [0.1, 0.15) is 0 Å². The van der Waals surface area contributed by atoms with Gasteiger partial charge in [0.05, 0.1) is 11.4 Å². The Morgan fingerprint density at radius 3 is 2.30 bits per heavy atom. The average Bonchev–Trinajstić information content (AvgIpc) is 2.97. The van der Waals surface area contributed by atoms with Crippen molar-refractivity contribution >= 4 is 40.7 Å². The lowest BCUT2D eigenvalue weighted by atomic mass is 10.2. The largest absolute Gasteiger partial charge is 0.342 e. The highest BCUT2D eigenvalue weighted by Gasteiger charge is 2.11. The molecule has 0 saturated heterocycles. The number of hydrogen-bond donors (Lipinski definition) is 3. The van der Waals surface area contributed by atoms with E-state index >= 15 is 0 Å². The van der Waals surface area contributed by atoms with Crippen LogP contribution >= 0.6 is 22.9 Å². The molecule has 1 aromatic carbocycles. The molecule has 0 saturated carbocycles. The minimum Gasteiger partial charge on any atom is -0.342 e. The summed E-state index contributed by atoms with van der Waals surface area (Å²) < 4.78 is 0. The maximum absolute atomic E-state index is 11.8. The van der Waals surface area contributed by atoms with Gasteiger partial charge in [-0.1, -0.05) is 11.6 Å². The summed E-state index contributed by atoms with van der Waals surface area (Å²) in [6, 6.07) is 9.72. The number of nitrogens with one attached hydrogen (secondary N) is 3. The lowest BCUT2D eigenvalue weighted by Crippen LogP contribution is -2.46. The summed E-state index contributed by atoms with van der Waals surface area (Å²) in [5.41, 5.74) is 4.83. The molecule has 6 nitrogen and oxygen atoms in total. The van der Waals surface area contributed by atoms with Gasteiger partial charge in [0, 0.05) is 15.5 Å². The highest BCUT2D eigenvalue weighted by Crippen LogP contribution is 2.14. The fourth-order valence-corrected chi connectivity index (χ4v) is 2.56. The maximum atomic E-state index is 11.8. The van der Waals surface area contributed by atoms with Crippen LogP contribution in [0.25, 0.3) is 0 Å². The van der Waals surface area contributed by atoms with Crippen molar-refractivity contribution in [2.75, 3.05) is 6.54 Å². The third-order valence-corrected chi connectivity index (χ3v) is 4.05. The third-order valence-electron chi connectivity index (χ3n) is 2.80. The van der Waals surface area contributed by atoms with E-state index in [9.17, 15) is 14.4 Å². The summed E-state index contributed by atoms with van der Waals surface area (Å²) in [5, 5.41) is 2.98. The SMILES string of the molecule is Cc1ccc(C(=O)NCC(=O)NNC(=O)c2ccc(Cl)cc2)s1. The molecule has 2 rings (SSSR count). The molecule has 0 bridgehead atoms. The number of benzene rings is 1. The molecule has 3 N–H and O–H groups in total. The van der Waals surface area contributed by atoms with Gasteiger partial charge in [-0.2, -0.15) is 0 Å². The van der Waals surface area contributed by atoms with Crippen molar-refractivity contribution < 1.29 is 14.4 Å². The number of rotatable bonds is 4. The van der Waals surface area contributed by atoms with Gasteiger partial charge in [-0.3, -0.25) is 25.2 Å². The quantitative estimate of drug-likeness (QED) is 0.735. The summed E-state index contributed by atoms with van der Waals surface area (Å²) in [6.07, 6.45) is 0. The normalized spacial score (nSPS) is 10.0. The van der Waals surface area contributed by atoms with Crippen LogP contribution in [0.4, 0.5) is 0 Å². The predicted octanol–water partition coefficient (Wildman–Crippen LogP) is 1.90. The van der Waals surface area contributed by atoms with Crippen molar-refractivity contribution in [2.24, 2.45) is 0 Å². The zero-order chi connectivity index (χ0) is 16.8. The standard InChI is InChI=1S/C15H14ClN3O3S/c1-9-2-7-12(23-9)15(22)17-8-13(20)18-19-14(21)10-3-5-11(16)6-4-10/h2-7H,8H2,1H3,(H,17,22)(H,18,20)(H,19,21). The van der Waals surface area contributed by atoms with Crippen LogP contribution in [0.5, 0.6) is 0 Å². The first-order chi connectivity index (χ1) is 11.0. The first-order valence-electron chi connectivity index (χ1n) is 6.65. The van der Waals surface area contributed by atoms with Gasteiger partial charge < -0.3 is 5.32 Å². The fraction of sp³-hybridized carbons (Fsp3) is 0.133. The molecule has 0 aliphatic heterocycles. The molecule has 0 spiro atoms. The third kappa shape index (κ3) is 5.08. The first-order valence-corrected chi connectivity index (χ1v) is 7.84. The number of amides is 3. The van der Waals surface area contributed by atoms with Gasteiger partial charge in [-0.15, -0.1) is 11.3 Å². The highest BCUT2D eigenvalue weighted by molar-refractivity contribution is 7.13. The molecule has 23 heavy (non-hydrogen) atoms. The fourth-order valence-electron chi connectivity index (χ4n) is 1.65. The lowest BCUT2D eigenvalue weighted by Gasteiger charge is -2.08. The van der Waals surface area contributed by atoms with Gasteiger partial charge in [-0.25, -0.2) is 0 Å². The summed E-state index contributed by atoms with van der Waals surface area (Å²) in [7, 11) is 0. The molecule has 0 aliphatic rings. The summed E-state index contributed by atoms with van der Waals surface area (Å²) in [5.74, 6) is -1.34. The second-order valence-corrected chi connectivity index (χ2v) is 6.33. The zero-order valence-electron chi connectivity index (χ0n) is 12.2. The molecule has 0 radical (unpaired) electrons. The predicted molar refractivity (Wildman–Crippen MR) is 88.5 cm³/mol. The molecule has 0 unspecified atom stereocenters. The monoisotopic (exact) mass is 351 g/mol. The van der Waals surface area contributed by atoms with E-state index in [0.717, 1.165) is 4.88 Å². The first kappa shape index (κ1) is 17.0. The summed E-state index contributed by atoms with van der Waals surface area (Å²) >= 11 is 7.07. The van der Waals surface area contributed by atoms with E-state index in [1.807, 2.05) is 13.0 Å². The van der Waals surface area contributed by atoms with Gasteiger partial charge in [0.15, 0.2) is 0 Å². The van der Waals surface area contributed by atoms with Gasteiger partial charge in [0.2, 0.25) is 0 Å². The Hall–Kier alpha value is -2.38. The van der Waals surface area contributed by atoms with Crippen LogP contribution < -0.4 is 16.2 Å². The second-order valence-electron chi connectivity index (χ2n) is 4.60. The van der Waals surface area contributed by atoms with E-state index in [1.165, 1.54) is 23.5 Å². The van der Waals surface area contributed by atoms with Gasteiger partial charge in [-0.05, 0) is 43.3 Å². The van der Waals surface area contributed by atoms with Crippen molar-refractivity contribution in [1.29, 1.82) is 0 Å². The number of aryl methyl sites for hydroxylation is 1. The van der Waals surface area contributed by atoms with Crippen LogP contribution in [0.3, 0.4) is 0 Å². The Bertz CT molecular complexity index is 728. The molecule has 0 aliphatic carbocycles. The van der Waals surface area contributed by atoms with Crippen LogP contribution in [0.15, 0.2) is 36.4 Å². The van der Waals surface area contributed by atoms with E-state index < -0.39 is 11.8 Å². The van der Waals surface area contributed by atoms with Crippen molar-refractivity contribution in [2.45, 2.75) is 6.92 Å². The molecule has 3 amide bonds. The number of carbonyl (C=O) groups excluding carboxylic acids is 3. The molecule has 1 heterocycles.